The molecule has 5 heteroatoms. The van der Waals surface area contributed by atoms with Crippen LogP contribution in [0.5, 0.6) is 0 Å². The van der Waals surface area contributed by atoms with Gasteiger partial charge < -0.3 is 0 Å². The van der Waals surface area contributed by atoms with Gasteiger partial charge in [-0.25, -0.2) is 0 Å². The van der Waals surface area contributed by atoms with Crippen molar-refractivity contribution in [1.82, 2.24) is 0 Å². The molecule has 0 spiro atoms. The van der Waals surface area contributed by atoms with Crippen molar-refractivity contribution in [3.05, 3.63) is 0 Å². The molecule has 0 N–H and O–H groups in total. The van der Waals surface area contributed by atoms with Crippen LogP contribution in [0.3, 0.4) is 0 Å². The molecule has 0 rings (SSSR count). The van der Waals surface area contributed by atoms with E-state index in [4.69, 9.17) is 9.15 Å². The first-order chi connectivity index (χ1) is 4.13. The minimum Gasteiger partial charge on any atom is -0.259 e. The summed E-state index contributed by atoms with van der Waals surface area (Å²) in [5.74, 6) is 0. The molecule has 54 valence electrons. The maximum absolute atomic E-state index is 4.76. The van der Waals surface area contributed by atoms with E-state index in [1.807, 2.05) is 26.2 Å². The third-order valence-electron chi connectivity index (χ3n) is 0.401. The Morgan fingerprint density at radius 2 is 1.11 bits per heavy atom. The van der Waals surface area contributed by atoms with E-state index < -0.39 is 18.1 Å². The molecule has 0 aromatic carbocycles. The van der Waals surface area contributed by atoms with Gasteiger partial charge in [0.1, 0.15) is 0 Å². The second-order valence-electron chi connectivity index (χ2n) is 2.05. The predicted molar refractivity (Wildman–Crippen MR) is 38.2 cm³/mol. The Bertz CT molecular complexity index is 58.8. The lowest BCUT2D eigenvalue weighted by atomic mass is 11.9. The second-order valence-corrected chi connectivity index (χ2v) is 6.02. The van der Waals surface area contributed by atoms with E-state index in [1.54, 1.807) is 0 Å². The van der Waals surface area contributed by atoms with Crippen LogP contribution < -0.4 is 0 Å². The molecule has 0 amide bonds. The maximum Gasteiger partial charge on any atom is 0.259 e. The van der Waals surface area contributed by atoms with E-state index >= 15 is 0 Å². The Kier molecular flexibility index (Phi) is 5.31. The quantitative estimate of drug-likeness (QED) is 0.357. The van der Waals surface area contributed by atoms with Crippen molar-refractivity contribution < 1.29 is 14.2 Å². The zero-order chi connectivity index (χ0) is 7.28. The molecular formula is C4H12O3Si2. The fourth-order valence-electron chi connectivity index (χ4n) is 0.153. The minimum atomic E-state index is -0.761. The van der Waals surface area contributed by atoms with Crippen LogP contribution in [0.1, 0.15) is 0 Å². The van der Waals surface area contributed by atoms with Gasteiger partial charge in [-0.2, -0.15) is 0 Å². The summed E-state index contributed by atoms with van der Waals surface area (Å²) in [6.45, 7) is 7.91. The average molecular weight is 164 g/mol. The second kappa shape index (κ2) is 5.13. The van der Waals surface area contributed by atoms with Crippen molar-refractivity contribution in [2.75, 3.05) is 0 Å². The van der Waals surface area contributed by atoms with Crippen LogP contribution in [0.25, 0.3) is 0 Å². The maximum atomic E-state index is 4.76. The lowest BCUT2D eigenvalue weighted by molar-refractivity contribution is -0.422. The highest BCUT2D eigenvalue weighted by molar-refractivity contribution is 6.48. The van der Waals surface area contributed by atoms with Gasteiger partial charge in [0, 0.05) is 0 Å². The van der Waals surface area contributed by atoms with Crippen LogP contribution in [0.15, 0.2) is 0 Å². The topological polar surface area (TPSA) is 27.7 Å². The molecule has 3 nitrogen and oxygen atoms in total. The van der Waals surface area contributed by atoms with Gasteiger partial charge in [-0.05, 0) is 26.2 Å². The molecule has 0 aromatic rings. The first-order valence-electron chi connectivity index (χ1n) is 2.74. The molecule has 2 radical (unpaired) electrons. The van der Waals surface area contributed by atoms with Crippen LogP contribution in [0.4, 0.5) is 0 Å². The largest absolute Gasteiger partial charge is 0.259 e. The van der Waals surface area contributed by atoms with Crippen LogP contribution in [0, 0.1) is 0 Å². The molecule has 0 saturated heterocycles. The first kappa shape index (κ1) is 9.31. The molecule has 0 aliphatic heterocycles. The molecule has 0 heterocycles. The van der Waals surface area contributed by atoms with Gasteiger partial charge in [-0.1, -0.05) is 5.04 Å². The summed E-state index contributed by atoms with van der Waals surface area (Å²) < 4.78 is 9.52. The standard InChI is InChI=1S/C4H12O3Si2/c1-8(2)6-5-7-9(3)4/h1-4H3. The van der Waals surface area contributed by atoms with Gasteiger partial charge in [-0.3, -0.25) is 9.15 Å². The van der Waals surface area contributed by atoms with Crippen molar-refractivity contribution in [2.24, 2.45) is 0 Å². The Labute approximate surface area is 59.2 Å². The summed E-state index contributed by atoms with van der Waals surface area (Å²) in [4.78, 5) is 0. The third kappa shape index (κ3) is 8.31. The smallest absolute Gasteiger partial charge is 0.259 e. The number of rotatable bonds is 4. The molecule has 0 aromatic heterocycles. The normalized spacial score (nSPS) is 11.3. The van der Waals surface area contributed by atoms with E-state index in [9.17, 15) is 0 Å². The SMILES string of the molecule is C[Si](C)OOO[Si](C)C. The summed E-state index contributed by atoms with van der Waals surface area (Å²) >= 11 is 0. The van der Waals surface area contributed by atoms with Crippen LogP contribution >= 0.6 is 0 Å². The summed E-state index contributed by atoms with van der Waals surface area (Å²) in [7, 11) is -1.52. The summed E-state index contributed by atoms with van der Waals surface area (Å²) in [6, 6.07) is 0. The Hall–Kier alpha value is 0.314. The van der Waals surface area contributed by atoms with Crippen molar-refractivity contribution in [3.8, 4) is 0 Å². The van der Waals surface area contributed by atoms with Gasteiger partial charge in [-0.15, -0.1) is 0 Å². The number of hydrogen-bond donors (Lipinski definition) is 0. The molecule has 0 aliphatic carbocycles. The monoisotopic (exact) mass is 164 g/mol. The Balaban J connectivity index is 2.91. The van der Waals surface area contributed by atoms with Crippen LogP contribution in [0.2, 0.25) is 26.2 Å². The highest BCUT2D eigenvalue weighted by atomic mass is 28.3. The summed E-state index contributed by atoms with van der Waals surface area (Å²) in [5.41, 5.74) is 0. The molecule has 0 fully saturated rings. The van der Waals surface area contributed by atoms with Crippen molar-refractivity contribution in [3.63, 3.8) is 0 Å². The van der Waals surface area contributed by atoms with Crippen molar-refractivity contribution in [1.29, 1.82) is 0 Å². The Morgan fingerprint density at radius 1 is 0.778 bits per heavy atom. The highest BCUT2D eigenvalue weighted by Crippen LogP contribution is 1.89. The lowest BCUT2D eigenvalue weighted by Crippen LogP contribution is -2.14. The zero-order valence-corrected chi connectivity index (χ0v) is 8.22. The highest BCUT2D eigenvalue weighted by Gasteiger charge is 2.01. The molecule has 0 saturated carbocycles. The van der Waals surface area contributed by atoms with E-state index in [-0.39, 0.29) is 0 Å². The van der Waals surface area contributed by atoms with E-state index in [0.717, 1.165) is 0 Å². The van der Waals surface area contributed by atoms with E-state index in [2.05, 4.69) is 5.04 Å². The van der Waals surface area contributed by atoms with E-state index in [0.29, 0.717) is 0 Å². The van der Waals surface area contributed by atoms with Crippen LogP contribution in [-0.2, 0) is 14.2 Å². The van der Waals surface area contributed by atoms with Crippen molar-refractivity contribution in [2.45, 2.75) is 26.2 Å². The first-order valence-corrected chi connectivity index (χ1v) is 7.56. The third-order valence-corrected chi connectivity index (χ3v) is 1.20. The molecule has 9 heavy (non-hydrogen) atoms. The van der Waals surface area contributed by atoms with Crippen LogP contribution in [-0.4, -0.2) is 18.1 Å². The van der Waals surface area contributed by atoms with Gasteiger partial charge in [0.2, 0.25) is 0 Å². The van der Waals surface area contributed by atoms with Gasteiger partial charge in [0.15, 0.2) is 0 Å². The van der Waals surface area contributed by atoms with Gasteiger partial charge >= 0.3 is 0 Å². The predicted octanol–water partition coefficient (Wildman–Crippen LogP) is 1.37. The molecule has 0 aliphatic rings. The van der Waals surface area contributed by atoms with Crippen molar-refractivity contribution >= 4 is 18.1 Å². The molecular weight excluding hydrogens is 152 g/mol. The summed E-state index contributed by atoms with van der Waals surface area (Å²) in [5, 5.41) is 4.45. The molecule has 0 unspecified atom stereocenters. The van der Waals surface area contributed by atoms with E-state index in [1.165, 1.54) is 0 Å². The van der Waals surface area contributed by atoms with Gasteiger partial charge in [0.25, 0.3) is 18.1 Å². The number of hydrogen-bond acceptors (Lipinski definition) is 3. The molecule has 0 bridgehead atoms. The Morgan fingerprint density at radius 3 is 1.33 bits per heavy atom. The zero-order valence-electron chi connectivity index (χ0n) is 6.22. The fraction of sp³-hybridized carbons (Fsp3) is 1.00. The molecule has 0 atom stereocenters. The van der Waals surface area contributed by atoms with Gasteiger partial charge in [0.05, 0.1) is 0 Å². The average Bonchev–Trinajstić information content (AvgIpc) is 1.63. The fourth-order valence-corrected chi connectivity index (χ4v) is 0.561. The lowest BCUT2D eigenvalue weighted by Gasteiger charge is -2.05. The minimum absolute atomic E-state index is 0.761. The summed E-state index contributed by atoms with van der Waals surface area (Å²) in [6.07, 6.45) is 0.